The van der Waals surface area contributed by atoms with Gasteiger partial charge in [0.15, 0.2) is 0 Å². The van der Waals surface area contributed by atoms with Crippen molar-refractivity contribution in [3.63, 3.8) is 0 Å². The number of nitrogens with zero attached hydrogens (tertiary/aromatic N) is 1. The molecule has 0 saturated heterocycles. The Morgan fingerprint density at radius 1 is 1.56 bits per heavy atom. The molecule has 0 amide bonds. The highest BCUT2D eigenvalue weighted by molar-refractivity contribution is 8.13. The summed E-state index contributed by atoms with van der Waals surface area (Å²) in [5.41, 5.74) is 0.883. The second-order valence-electron chi connectivity index (χ2n) is 1.80. The predicted octanol–water partition coefficient (Wildman–Crippen LogP) is 2.69. The third-order valence-electron chi connectivity index (χ3n) is 0.702. The summed E-state index contributed by atoms with van der Waals surface area (Å²) in [5.74, 6) is 1.09. The molecule has 0 aromatic rings. The number of allylic oxidation sites excluding steroid dienone is 1. The molecule has 0 aliphatic carbocycles. The lowest BCUT2D eigenvalue weighted by Crippen LogP contribution is -1.83. The maximum Gasteiger partial charge on any atom is 0.0703 e. The Bertz CT molecular complexity index is 127. The van der Waals surface area contributed by atoms with Crippen LogP contribution in [0.1, 0.15) is 20.8 Å². The van der Waals surface area contributed by atoms with E-state index in [1.807, 2.05) is 13.8 Å². The maximum atomic E-state index is 4.15. The van der Waals surface area contributed by atoms with Crippen molar-refractivity contribution >= 4 is 16.8 Å². The lowest BCUT2D eigenvalue weighted by atomic mass is 10.6. The lowest BCUT2D eigenvalue weighted by molar-refractivity contribution is 1.33. The van der Waals surface area contributed by atoms with E-state index in [9.17, 15) is 0 Å². The first-order valence-electron chi connectivity index (χ1n) is 3.00. The largest absolute Gasteiger partial charge is 0.252 e. The average molecular weight is 143 g/mol. The van der Waals surface area contributed by atoms with Crippen molar-refractivity contribution in [2.75, 3.05) is 5.75 Å². The fourth-order valence-electron chi connectivity index (χ4n) is 0.510. The van der Waals surface area contributed by atoms with Crippen LogP contribution in [0.5, 0.6) is 0 Å². The van der Waals surface area contributed by atoms with E-state index in [2.05, 4.69) is 18.5 Å². The summed E-state index contributed by atoms with van der Waals surface area (Å²) in [6, 6.07) is 0. The molecule has 9 heavy (non-hydrogen) atoms. The molecule has 1 nitrogen and oxygen atoms in total. The molecule has 0 N–H and O–H groups in total. The topological polar surface area (TPSA) is 12.4 Å². The van der Waals surface area contributed by atoms with Crippen molar-refractivity contribution in [1.29, 1.82) is 0 Å². The second kappa shape index (κ2) is 4.62. The van der Waals surface area contributed by atoms with Crippen LogP contribution in [-0.4, -0.2) is 10.8 Å². The minimum Gasteiger partial charge on any atom is -0.252 e. The zero-order valence-corrected chi connectivity index (χ0v) is 7.09. The van der Waals surface area contributed by atoms with E-state index < -0.39 is 0 Å². The van der Waals surface area contributed by atoms with E-state index in [1.165, 1.54) is 0 Å². The zero-order chi connectivity index (χ0) is 7.28. The Hall–Kier alpha value is -0.240. The summed E-state index contributed by atoms with van der Waals surface area (Å²) in [5, 5.41) is 1.10. The van der Waals surface area contributed by atoms with E-state index in [4.69, 9.17) is 0 Å². The molecule has 2 heteroatoms. The first kappa shape index (κ1) is 8.76. The lowest BCUT2D eigenvalue weighted by Gasteiger charge is -1.94. The van der Waals surface area contributed by atoms with Gasteiger partial charge in [-0.05, 0) is 19.6 Å². The fourth-order valence-corrected chi connectivity index (χ4v) is 1.15. The van der Waals surface area contributed by atoms with Gasteiger partial charge in [0.2, 0.25) is 0 Å². The van der Waals surface area contributed by atoms with Gasteiger partial charge in [-0.1, -0.05) is 13.5 Å². The van der Waals surface area contributed by atoms with Crippen LogP contribution >= 0.6 is 11.8 Å². The third kappa shape index (κ3) is 5.63. The van der Waals surface area contributed by atoms with Gasteiger partial charge in [0.1, 0.15) is 0 Å². The Morgan fingerprint density at radius 3 is 2.44 bits per heavy atom. The molecule has 0 aromatic heterocycles. The standard InChI is InChI=1S/C7H13NS/c1-5-9-7(4)8-6(2)3/h2,5H2,1,3-4H3/b8-7-. The van der Waals surface area contributed by atoms with Crippen LogP contribution < -0.4 is 0 Å². The molecule has 0 fully saturated rings. The van der Waals surface area contributed by atoms with E-state index >= 15 is 0 Å². The fraction of sp³-hybridized carbons (Fsp3) is 0.571. The molecule has 0 radical (unpaired) electrons. The van der Waals surface area contributed by atoms with E-state index in [0.29, 0.717) is 0 Å². The monoisotopic (exact) mass is 143 g/mol. The Morgan fingerprint density at radius 2 is 2.11 bits per heavy atom. The molecule has 0 bridgehead atoms. The van der Waals surface area contributed by atoms with Gasteiger partial charge < -0.3 is 0 Å². The minimum absolute atomic E-state index is 0.883. The van der Waals surface area contributed by atoms with Crippen LogP contribution in [0.4, 0.5) is 0 Å². The molecule has 0 rings (SSSR count). The third-order valence-corrected chi connectivity index (χ3v) is 1.50. The highest BCUT2D eigenvalue weighted by atomic mass is 32.2. The van der Waals surface area contributed by atoms with Crippen LogP contribution in [0, 0.1) is 0 Å². The Kier molecular flexibility index (Phi) is 4.50. The first-order chi connectivity index (χ1) is 4.16. The van der Waals surface area contributed by atoms with Gasteiger partial charge in [0.25, 0.3) is 0 Å². The van der Waals surface area contributed by atoms with Gasteiger partial charge in [-0.3, -0.25) is 4.99 Å². The van der Waals surface area contributed by atoms with Gasteiger partial charge in [-0.25, -0.2) is 0 Å². The number of hydrogen-bond donors (Lipinski definition) is 0. The van der Waals surface area contributed by atoms with Crippen molar-refractivity contribution in [3.8, 4) is 0 Å². The average Bonchev–Trinajstić information content (AvgIpc) is 1.63. The summed E-state index contributed by atoms with van der Waals surface area (Å²) in [6.45, 7) is 9.70. The first-order valence-corrected chi connectivity index (χ1v) is 3.99. The van der Waals surface area contributed by atoms with Gasteiger partial charge in [-0.2, -0.15) is 0 Å². The molecule has 0 unspecified atom stereocenters. The molecule has 0 aliphatic rings. The normalized spacial score (nSPS) is 11.7. The maximum absolute atomic E-state index is 4.15. The molecule has 0 aliphatic heterocycles. The van der Waals surface area contributed by atoms with Crippen molar-refractivity contribution in [3.05, 3.63) is 12.3 Å². The number of thioether (sulfide) groups is 1. The Labute approximate surface area is 61.3 Å². The van der Waals surface area contributed by atoms with Gasteiger partial charge in [0, 0.05) is 5.70 Å². The van der Waals surface area contributed by atoms with Crippen LogP contribution in [0.25, 0.3) is 0 Å². The number of hydrogen-bond acceptors (Lipinski definition) is 2. The van der Waals surface area contributed by atoms with Crippen molar-refractivity contribution in [1.82, 2.24) is 0 Å². The zero-order valence-electron chi connectivity index (χ0n) is 6.27. The van der Waals surface area contributed by atoms with E-state index in [1.54, 1.807) is 11.8 Å². The molecule has 0 saturated carbocycles. The molecule has 0 atom stereocenters. The van der Waals surface area contributed by atoms with Crippen LogP contribution in [-0.2, 0) is 0 Å². The van der Waals surface area contributed by atoms with E-state index in [-0.39, 0.29) is 0 Å². The highest BCUT2D eigenvalue weighted by Crippen LogP contribution is 2.04. The quantitative estimate of drug-likeness (QED) is 0.427. The SMILES string of the molecule is C=C(C)/N=C(/C)SCC. The molecule has 0 heterocycles. The highest BCUT2D eigenvalue weighted by Gasteiger charge is 1.86. The minimum atomic E-state index is 0.883. The van der Waals surface area contributed by atoms with E-state index in [0.717, 1.165) is 16.5 Å². The molecular weight excluding hydrogens is 130 g/mol. The summed E-state index contributed by atoms with van der Waals surface area (Å²) < 4.78 is 0. The molecular formula is C7H13NS. The summed E-state index contributed by atoms with van der Waals surface area (Å²) in [4.78, 5) is 4.15. The van der Waals surface area contributed by atoms with Gasteiger partial charge >= 0.3 is 0 Å². The van der Waals surface area contributed by atoms with Crippen molar-refractivity contribution in [2.24, 2.45) is 4.99 Å². The molecule has 0 spiro atoms. The summed E-state index contributed by atoms with van der Waals surface area (Å²) in [6.07, 6.45) is 0. The molecule has 52 valence electrons. The smallest absolute Gasteiger partial charge is 0.0703 e. The number of aliphatic imine (C=N–C) groups is 1. The summed E-state index contributed by atoms with van der Waals surface area (Å²) in [7, 11) is 0. The molecule has 0 aromatic carbocycles. The van der Waals surface area contributed by atoms with Crippen molar-refractivity contribution in [2.45, 2.75) is 20.8 Å². The van der Waals surface area contributed by atoms with Gasteiger partial charge in [0.05, 0.1) is 5.04 Å². The van der Waals surface area contributed by atoms with Crippen LogP contribution in [0.15, 0.2) is 17.3 Å². The second-order valence-corrected chi connectivity index (χ2v) is 3.26. The number of rotatable bonds is 2. The van der Waals surface area contributed by atoms with Gasteiger partial charge in [-0.15, -0.1) is 11.8 Å². The predicted molar refractivity (Wildman–Crippen MR) is 46.1 cm³/mol. The van der Waals surface area contributed by atoms with Crippen molar-refractivity contribution < 1.29 is 0 Å². The van der Waals surface area contributed by atoms with Crippen LogP contribution in [0.2, 0.25) is 0 Å². The van der Waals surface area contributed by atoms with Crippen LogP contribution in [0.3, 0.4) is 0 Å². The summed E-state index contributed by atoms with van der Waals surface area (Å²) >= 11 is 1.75. The Balaban J connectivity index is 3.69.